The molecule has 0 aliphatic heterocycles. The normalized spacial score (nSPS) is 9.88. The van der Waals surface area contributed by atoms with Gasteiger partial charge >= 0.3 is 0 Å². The van der Waals surface area contributed by atoms with Gasteiger partial charge in [0.15, 0.2) is 0 Å². The number of nitriles is 1. The Labute approximate surface area is 99.9 Å². The second-order valence-electron chi connectivity index (χ2n) is 3.80. The van der Waals surface area contributed by atoms with E-state index in [-0.39, 0.29) is 5.78 Å². The van der Waals surface area contributed by atoms with Gasteiger partial charge in [-0.2, -0.15) is 5.26 Å². The Bertz CT molecular complexity index is 576. The smallest absolute Gasteiger partial charge is 0.209 e. The first-order valence-electron chi connectivity index (χ1n) is 5.35. The van der Waals surface area contributed by atoms with Gasteiger partial charge in [0.2, 0.25) is 5.78 Å². The van der Waals surface area contributed by atoms with Crippen molar-refractivity contribution in [3.05, 3.63) is 59.4 Å². The lowest BCUT2D eigenvalue weighted by molar-refractivity contribution is 0.103. The minimum atomic E-state index is -0.0164. The predicted octanol–water partition coefficient (Wildman–Crippen LogP) is 2.32. The van der Waals surface area contributed by atoms with Crippen molar-refractivity contribution in [2.45, 2.75) is 6.42 Å². The molecule has 2 rings (SSSR count). The number of benzene rings is 1. The molecule has 0 saturated heterocycles. The minimum absolute atomic E-state index is 0.0164. The molecule has 0 fully saturated rings. The molecule has 3 heteroatoms. The van der Waals surface area contributed by atoms with Crippen molar-refractivity contribution in [2.24, 2.45) is 7.05 Å². The lowest BCUT2D eigenvalue weighted by atomic mass is 10.1. The Morgan fingerprint density at radius 2 is 1.94 bits per heavy atom. The van der Waals surface area contributed by atoms with Crippen LogP contribution in [0.1, 0.15) is 21.7 Å². The van der Waals surface area contributed by atoms with Gasteiger partial charge in [-0.05, 0) is 12.1 Å². The van der Waals surface area contributed by atoms with E-state index >= 15 is 0 Å². The quantitative estimate of drug-likeness (QED) is 0.751. The van der Waals surface area contributed by atoms with Crippen LogP contribution in [0.15, 0.2) is 42.5 Å². The first-order valence-corrected chi connectivity index (χ1v) is 5.35. The zero-order valence-corrected chi connectivity index (χ0v) is 9.55. The van der Waals surface area contributed by atoms with E-state index in [2.05, 4.69) is 6.07 Å². The van der Waals surface area contributed by atoms with E-state index in [1.54, 1.807) is 22.8 Å². The van der Waals surface area contributed by atoms with Gasteiger partial charge < -0.3 is 4.57 Å². The SMILES string of the molecule is Cn1c(CC#N)ccc1C(=O)c1ccccc1. The summed E-state index contributed by atoms with van der Waals surface area (Å²) in [6, 6.07) is 14.8. The van der Waals surface area contributed by atoms with Crippen molar-refractivity contribution in [3.8, 4) is 6.07 Å². The number of ketones is 1. The average molecular weight is 224 g/mol. The van der Waals surface area contributed by atoms with Crippen molar-refractivity contribution < 1.29 is 4.79 Å². The summed E-state index contributed by atoms with van der Waals surface area (Å²) in [5.41, 5.74) is 2.13. The summed E-state index contributed by atoms with van der Waals surface area (Å²) in [6.45, 7) is 0. The van der Waals surface area contributed by atoms with E-state index in [9.17, 15) is 4.79 Å². The van der Waals surface area contributed by atoms with Crippen molar-refractivity contribution in [1.29, 1.82) is 5.26 Å². The highest BCUT2D eigenvalue weighted by Gasteiger charge is 2.13. The first kappa shape index (κ1) is 11.2. The maximum atomic E-state index is 12.2. The molecule has 1 heterocycles. The number of rotatable bonds is 3. The molecule has 0 bridgehead atoms. The molecule has 0 aliphatic carbocycles. The van der Waals surface area contributed by atoms with Crippen molar-refractivity contribution in [3.63, 3.8) is 0 Å². The molecule has 0 atom stereocenters. The molecule has 1 aromatic carbocycles. The predicted molar refractivity (Wildman–Crippen MR) is 64.6 cm³/mol. The van der Waals surface area contributed by atoms with Crippen LogP contribution < -0.4 is 0 Å². The molecular formula is C14H12N2O. The Morgan fingerprint density at radius 3 is 2.59 bits per heavy atom. The summed E-state index contributed by atoms with van der Waals surface area (Å²) in [4.78, 5) is 12.2. The zero-order chi connectivity index (χ0) is 12.3. The van der Waals surface area contributed by atoms with Gasteiger partial charge in [-0.1, -0.05) is 30.3 Å². The van der Waals surface area contributed by atoms with Gasteiger partial charge in [0, 0.05) is 18.3 Å². The van der Waals surface area contributed by atoms with Crippen LogP contribution >= 0.6 is 0 Å². The molecule has 84 valence electrons. The highest BCUT2D eigenvalue weighted by atomic mass is 16.1. The number of hydrogen-bond acceptors (Lipinski definition) is 2. The number of carbonyl (C=O) groups excluding carboxylic acids is 1. The molecule has 0 amide bonds. The van der Waals surface area contributed by atoms with E-state index in [0.717, 1.165) is 5.69 Å². The molecule has 1 aromatic heterocycles. The highest BCUT2D eigenvalue weighted by Crippen LogP contribution is 2.13. The lowest BCUT2D eigenvalue weighted by Crippen LogP contribution is -2.08. The van der Waals surface area contributed by atoms with Gasteiger partial charge in [0.25, 0.3) is 0 Å². The third-order valence-electron chi connectivity index (χ3n) is 2.75. The van der Waals surface area contributed by atoms with Gasteiger partial charge in [-0.25, -0.2) is 0 Å². The molecule has 0 radical (unpaired) electrons. The standard InChI is InChI=1S/C14H12N2O/c1-16-12(9-10-15)7-8-13(16)14(17)11-5-3-2-4-6-11/h2-8H,9H2,1H3. The van der Waals surface area contributed by atoms with E-state index < -0.39 is 0 Å². The summed E-state index contributed by atoms with van der Waals surface area (Å²) in [6.07, 6.45) is 0.318. The van der Waals surface area contributed by atoms with Gasteiger partial charge in [-0.15, -0.1) is 0 Å². The molecule has 0 N–H and O–H groups in total. The van der Waals surface area contributed by atoms with Gasteiger partial charge in [0.1, 0.15) is 0 Å². The number of carbonyl (C=O) groups is 1. The molecule has 3 nitrogen and oxygen atoms in total. The number of hydrogen-bond donors (Lipinski definition) is 0. The van der Waals surface area contributed by atoms with Gasteiger partial charge in [-0.3, -0.25) is 4.79 Å². The molecule has 17 heavy (non-hydrogen) atoms. The second-order valence-corrected chi connectivity index (χ2v) is 3.80. The van der Waals surface area contributed by atoms with E-state index in [1.165, 1.54) is 0 Å². The van der Waals surface area contributed by atoms with Crippen LogP contribution in [0.5, 0.6) is 0 Å². The molecule has 0 spiro atoms. The Balaban J connectivity index is 2.36. The van der Waals surface area contributed by atoms with Crippen LogP contribution in [0.4, 0.5) is 0 Å². The average Bonchev–Trinajstić information content (AvgIpc) is 2.72. The fourth-order valence-electron chi connectivity index (χ4n) is 1.78. The third kappa shape index (κ3) is 2.11. The Morgan fingerprint density at radius 1 is 1.24 bits per heavy atom. The Hall–Kier alpha value is -2.34. The zero-order valence-electron chi connectivity index (χ0n) is 9.55. The lowest BCUT2D eigenvalue weighted by Gasteiger charge is -2.04. The van der Waals surface area contributed by atoms with Crippen LogP contribution in [-0.2, 0) is 13.5 Å². The monoisotopic (exact) mass is 224 g/mol. The fourth-order valence-corrected chi connectivity index (χ4v) is 1.78. The summed E-state index contributed by atoms with van der Waals surface area (Å²) in [7, 11) is 1.81. The molecule has 0 saturated carbocycles. The number of nitrogens with zero attached hydrogens (tertiary/aromatic N) is 2. The summed E-state index contributed by atoms with van der Waals surface area (Å²) >= 11 is 0. The molecule has 0 aliphatic rings. The maximum absolute atomic E-state index is 12.2. The summed E-state index contributed by atoms with van der Waals surface area (Å²) < 4.78 is 1.78. The van der Waals surface area contributed by atoms with Crippen LogP contribution in [0.2, 0.25) is 0 Å². The maximum Gasteiger partial charge on any atom is 0.209 e. The van der Waals surface area contributed by atoms with Crippen molar-refractivity contribution in [1.82, 2.24) is 4.57 Å². The van der Waals surface area contributed by atoms with Crippen LogP contribution in [0, 0.1) is 11.3 Å². The van der Waals surface area contributed by atoms with Crippen molar-refractivity contribution >= 4 is 5.78 Å². The summed E-state index contributed by atoms with van der Waals surface area (Å²) in [5, 5.41) is 8.66. The number of aromatic nitrogens is 1. The van der Waals surface area contributed by atoms with Crippen LogP contribution in [-0.4, -0.2) is 10.4 Å². The van der Waals surface area contributed by atoms with E-state index in [0.29, 0.717) is 17.7 Å². The van der Waals surface area contributed by atoms with E-state index in [1.807, 2.05) is 31.3 Å². The van der Waals surface area contributed by atoms with Gasteiger partial charge in [0.05, 0.1) is 18.2 Å². The second kappa shape index (κ2) is 4.67. The first-order chi connectivity index (χ1) is 8.24. The third-order valence-corrected chi connectivity index (χ3v) is 2.75. The molecular weight excluding hydrogens is 212 g/mol. The largest absolute Gasteiger partial charge is 0.344 e. The van der Waals surface area contributed by atoms with E-state index in [4.69, 9.17) is 5.26 Å². The minimum Gasteiger partial charge on any atom is -0.344 e. The van der Waals surface area contributed by atoms with Crippen LogP contribution in [0.25, 0.3) is 0 Å². The topological polar surface area (TPSA) is 45.8 Å². The molecule has 2 aromatic rings. The molecule has 0 unspecified atom stereocenters. The highest BCUT2D eigenvalue weighted by molar-refractivity contribution is 6.08. The Kier molecular flexibility index (Phi) is 3.06. The van der Waals surface area contributed by atoms with Crippen molar-refractivity contribution in [2.75, 3.05) is 0 Å². The summed E-state index contributed by atoms with van der Waals surface area (Å²) in [5.74, 6) is -0.0164. The fraction of sp³-hybridized carbons (Fsp3) is 0.143. The van der Waals surface area contributed by atoms with Crippen LogP contribution in [0.3, 0.4) is 0 Å².